The van der Waals surface area contributed by atoms with Crippen LogP contribution in [0.15, 0.2) is 73.1 Å². The maximum Gasteiger partial charge on any atom is 0.162 e. The Morgan fingerprint density at radius 2 is 1.77 bits per heavy atom. The second-order valence-electron chi connectivity index (χ2n) is 9.37. The quantitative estimate of drug-likeness (QED) is 0.188. The fraction of sp³-hybridized carbons (Fsp3) is 0.323. The molecule has 3 aromatic carbocycles. The van der Waals surface area contributed by atoms with Crippen molar-refractivity contribution < 1.29 is 19.3 Å². The summed E-state index contributed by atoms with van der Waals surface area (Å²) in [7, 11) is 1.63. The highest BCUT2D eigenvalue weighted by Crippen LogP contribution is 2.34. The number of rotatable bonds is 10. The lowest BCUT2D eigenvalue weighted by molar-refractivity contribution is 0.0357. The summed E-state index contributed by atoms with van der Waals surface area (Å²) >= 11 is 0. The van der Waals surface area contributed by atoms with Crippen LogP contribution in [0.3, 0.4) is 0 Å². The first-order chi connectivity index (χ1) is 19.6. The molecular weight excluding hydrogens is 506 g/mol. The predicted octanol–water partition coefficient (Wildman–Crippen LogP) is 5.05. The number of hydrogen-bond acceptors (Lipinski definition) is 9. The molecule has 4 aromatic rings. The van der Waals surface area contributed by atoms with Crippen LogP contribution in [0, 0.1) is 5.41 Å². The Kier molecular flexibility index (Phi) is 10.8. The second kappa shape index (κ2) is 14.9. The van der Waals surface area contributed by atoms with E-state index in [0.29, 0.717) is 29.6 Å². The molecule has 0 spiro atoms. The molecule has 1 saturated heterocycles. The minimum absolute atomic E-state index is 0.140. The molecular formula is C31H37N5O4. The monoisotopic (exact) mass is 543 g/mol. The van der Waals surface area contributed by atoms with E-state index in [1.54, 1.807) is 14.0 Å². The predicted molar refractivity (Wildman–Crippen MR) is 158 cm³/mol. The number of aliphatic hydroxyl groups is 1. The van der Waals surface area contributed by atoms with Gasteiger partial charge in [0.15, 0.2) is 11.5 Å². The van der Waals surface area contributed by atoms with Crippen LogP contribution in [0.5, 0.6) is 11.5 Å². The van der Waals surface area contributed by atoms with Crippen LogP contribution in [-0.4, -0.2) is 72.3 Å². The molecule has 40 heavy (non-hydrogen) atoms. The largest absolute Gasteiger partial charge is 0.493 e. The molecule has 9 nitrogen and oxygen atoms in total. The molecule has 210 valence electrons. The number of hydrogen-bond donors (Lipinski definition) is 3. The summed E-state index contributed by atoms with van der Waals surface area (Å²) in [5.41, 5.74) is 4.05. The van der Waals surface area contributed by atoms with Gasteiger partial charge in [-0.3, -0.25) is 4.90 Å². The van der Waals surface area contributed by atoms with Crippen LogP contribution in [0.25, 0.3) is 10.9 Å². The first-order valence-corrected chi connectivity index (χ1v) is 13.4. The summed E-state index contributed by atoms with van der Waals surface area (Å²) < 4.78 is 17.0. The Labute approximate surface area is 235 Å². The van der Waals surface area contributed by atoms with Gasteiger partial charge >= 0.3 is 0 Å². The van der Waals surface area contributed by atoms with Crippen molar-refractivity contribution >= 4 is 28.1 Å². The molecule has 3 N–H and O–H groups in total. The van der Waals surface area contributed by atoms with Gasteiger partial charge in [-0.15, -0.1) is 0 Å². The highest BCUT2D eigenvalue weighted by Gasteiger charge is 2.13. The Hall–Kier alpha value is -4.05. The molecule has 0 bridgehead atoms. The number of nitrogens with one attached hydrogen (secondary N) is 2. The molecule has 1 aliphatic heterocycles. The number of morpholine rings is 1. The molecule has 1 aliphatic rings. The van der Waals surface area contributed by atoms with E-state index in [1.165, 1.54) is 6.33 Å². The van der Waals surface area contributed by atoms with Gasteiger partial charge in [-0.25, -0.2) is 9.97 Å². The van der Waals surface area contributed by atoms with E-state index in [-0.39, 0.29) is 6.61 Å². The third-order valence-electron chi connectivity index (χ3n) is 6.51. The van der Waals surface area contributed by atoms with E-state index in [2.05, 4.69) is 20.2 Å². The lowest BCUT2D eigenvalue weighted by atomic mass is 10.1. The zero-order valence-corrected chi connectivity index (χ0v) is 23.1. The maximum absolute atomic E-state index is 8.54. The number of nitrogens with zero attached hydrogens (tertiary/aromatic N) is 3. The van der Waals surface area contributed by atoms with E-state index in [0.717, 1.165) is 67.0 Å². The molecule has 1 fully saturated rings. The molecule has 0 aliphatic carbocycles. The highest BCUT2D eigenvalue weighted by atomic mass is 16.5. The molecule has 9 heteroatoms. The van der Waals surface area contributed by atoms with Gasteiger partial charge in [0.1, 0.15) is 12.1 Å². The van der Waals surface area contributed by atoms with Crippen molar-refractivity contribution in [2.24, 2.45) is 0 Å². The Morgan fingerprint density at radius 3 is 2.42 bits per heavy atom. The van der Waals surface area contributed by atoms with E-state index in [4.69, 9.17) is 24.7 Å². The van der Waals surface area contributed by atoms with Gasteiger partial charge in [-0.1, -0.05) is 42.5 Å². The normalized spacial score (nSPS) is 13.3. The molecule has 1 aromatic heterocycles. The van der Waals surface area contributed by atoms with Crippen LogP contribution in [0.1, 0.15) is 24.5 Å². The molecule has 0 saturated carbocycles. The lowest BCUT2D eigenvalue weighted by Crippen LogP contribution is -2.37. The van der Waals surface area contributed by atoms with Crippen molar-refractivity contribution in [1.82, 2.24) is 14.9 Å². The van der Waals surface area contributed by atoms with E-state index in [9.17, 15) is 0 Å². The van der Waals surface area contributed by atoms with Crippen molar-refractivity contribution in [2.75, 3.05) is 51.9 Å². The highest BCUT2D eigenvalue weighted by molar-refractivity contribution is 5.97. The first-order valence-electron chi connectivity index (χ1n) is 13.4. The van der Waals surface area contributed by atoms with Gasteiger partial charge in [-0.05, 0) is 42.7 Å². The summed E-state index contributed by atoms with van der Waals surface area (Å²) in [4.78, 5) is 11.2. The molecule has 5 rings (SSSR count). The van der Waals surface area contributed by atoms with Gasteiger partial charge in [0, 0.05) is 42.5 Å². The van der Waals surface area contributed by atoms with Crippen LogP contribution < -0.4 is 14.8 Å². The fourth-order valence-electron chi connectivity index (χ4n) is 4.25. The Balaban J connectivity index is 0.000000398. The lowest BCUT2D eigenvalue weighted by Gasteiger charge is -2.26. The summed E-state index contributed by atoms with van der Waals surface area (Å²) in [6.07, 6.45) is 2.46. The van der Waals surface area contributed by atoms with Crippen molar-refractivity contribution in [1.29, 1.82) is 5.41 Å². The van der Waals surface area contributed by atoms with Gasteiger partial charge in [0.2, 0.25) is 0 Å². The number of fused-ring (bicyclic) bond motifs is 1. The van der Waals surface area contributed by atoms with E-state index in [1.807, 2.05) is 66.7 Å². The topological polar surface area (TPSA) is 113 Å². The van der Waals surface area contributed by atoms with Crippen molar-refractivity contribution in [3.63, 3.8) is 0 Å². The van der Waals surface area contributed by atoms with E-state index >= 15 is 0 Å². The zero-order valence-electron chi connectivity index (χ0n) is 23.1. The average molecular weight is 544 g/mol. The summed E-state index contributed by atoms with van der Waals surface area (Å²) in [6, 6.07) is 21.0. The van der Waals surface area contributed by atoms with Crippen molar-refractivity contribution in [3.8, 4) is 11.5 Å². The van der Waals surface area contributed by atoms with Crippen molar-refractivity contribution in [2.45, 2.75) is 20.0 Å². The molecule has 0 unspecified atom stereocenters. The molecule has 0 atom stereocenters. The number of methoxy groups -OCH3 is 1. The van der Waals surface area contributed by atoms with Crippen molar-refractivity contribution in [3.05, 3.63) is 84.2 Å². The third kappa shape index (κ3) is 8.22. The van der Waals surface area contributed by atoms with Gasteiger partial charge in [-0.2, -0.15) is 0 Å². The average Bonchev–Trinajstić information content (AvgIpc) is 3.00. The summed E-state index contributed by atoms with van der Waals surface area (Å²) in [6.45, 7) is 7.06. The zero-order chi connectivity index (χ0) is 28.2. The number of ether oxygens (including phenoxy) is 3. The SMILES string of the molecule is COc1cc2ncnc(Nc3ccc(C(C)=N)cc3)c2cc1OCCCN1CCOCC1.OCc1ccccc1. The smallest absolute Gasteiger partial charge is 0.162 e. The van der Waals surface area contributed by atoms with Gasteiger partial charge < -0.3 is 30.0 Å². The molecule has 0 radical (unpaired) electrons. The summed E-state index contributed by atoms with van der Waals surface area (Å²) in [5, 5.41) is 20.5. The van der Waals surface area contributed by atoms with Gasteiger partial charge in [0.25, 0.3) is 0 Å². The Morgan fingerprint density at radius 1 is 1.02 bits per heavy atom. The van der Waals surface area contributed by atoms with Crippen LogP contribution >= 0.6 is 0 Å². The number of anilines is 2. The number of aliphatic hydroxyl groups excluding tert-OH is 1. The number of benzene rings is 3. The standard InChI is InChI=1S/C24H29N5O3.C7H8O/c1-17(25)18-4-6-19(7-5-18)28-24-20-14-23(22(30-2)15-21(20)26-16-27-24)32-11-3-8-29-9-12-31-13-10-29;8-6-7-4-2-1-3-5-7/h4-7,14-16,25H,3,8-13H2,1-2H3,(H,26,27,28);1-5,8H,6H2. The van der Waals surface area contributed by atoms with Gasteiger partial charge in [0.05, 0.1) is 39.1 Å². The third-order valence-corrected chi connectivity index (χ3v) is 6.51. The molecule has 0 amide bonds. The van der Waals surface area contributed by atoms with Crippen LogP contribution in [0.4, 0.5) is 11.5 Å². The van der Waals surface area contributed by atoms with Crippen LogP contribution in [0.2, 0.25) is 0 Å². The minimum Gasteiger partial charge on any atom is -0.493 e. The minimum atomic E-state index is 0.140. The summed E-state index contributed by atoms with van der Waals surface area (Å²) in [5.74, 6) is 2.02. The van der Waals surface area contributed by atoms with E-state index < -0.39 is 0 Å². The first kappa shape index (κ1) is 28.9. The maximum atomic E-state index is 8.54. The number of aromatic nitrogens is 2. The van der Waals surface area contributed by atoms with Crippen LogP contribution in [-0.2, 0) is 11.3 Å². The second-order valence-corrected chi connectivity index (χ2v) is 9.37. The molecule has 2 heterocycles. The fourth-order valence-corrected chi connectivity index (χ4v) is 4.25. The Bertz CT molecular complexity index is 1360.